The molecule has 0 unspecified atom stereocenters. The quantitative estimate of drug-likeness (QED) is 0.453. The number of rotatable bonds is 6. The van der Waals surface area contributed by atoms with Gasteiger partial charge < -0.3 is 10.1 Å². The Balaban J connectivity index is 1.39. The first-order valence-electron chi connectivity index (χ1n) is 9.59. The molecule has 0 atom stereocenters. The van der Waals surface area contributed by atoms with Gasteiger partial charge in [0.05, 0.1) is 30.4 Å². The van der Waals surface area contributed by atoms with E-state index in [-0.39, 0.29) is 0 Å². The van der Waals surface area contributed by atoms with E-state index in [0.29, 0.717) is 29.4 Å². The van der Waals surface area contributed by atoms with Crippen LogP contribution < -0.4 is 10.1 Å². The highest BCUT2D eigenvalue weighted by atomic mass is 16.5. The fourth-order valence-corrected chi connectivity index (χ4v) is 3.20. The molecule has 0 fully saturated rings. The molecule has 4 aromatic heterocycles. The number of nitrogens with one attached hydrogen (secondary N) is 1. The SMILES string of the molecule is COc1ccc(Cc2nnc3cc(-c4ccnc(Nc5cnn(C)c5)n4)ncn23)cc1. The van der Waals surface area contributed by atoms with E-state index in [0.717, 1.165) is 22.8 Å². The van der Waals surface area contributed by atoms with E-state index in [1.165, 1.54) is 0 Å². The molecule has 31 heavy (non-hydrogen) atoms. The van der Waals surface area contributed by atoms with E-state index in [4.69, 9.17) is 4.74 Å². The molecule has 0 saturated heterocycles. The summed E-state index contributed by atoms with van der Waals surface area (Å²) in [5.41, 5.74) is 4.00. The number of hydrogen-bond donors (Lipinski definition) is 1. The Labute approximate surface area is 177 Å². The summed E-state index contributed by atoms with van der Waals surface area (Å²) in [7, 11) is 3.50. The van der Waals surface area contributed by atoms with Gasteiger partial charge in [-0.3, -0.25) is 9.08 Å². The van der Waals surface area contributed by atoms with Crippen molar-refractivity contribution in [3.63, 3.8) is 0 Å². The zero-order valence-corrected chi connectivity index (χ0v) is 17.0. The zero-order valence-electron chi connectivity index (χ0n) is 17.0. The molecule has 0 radical (unpaired) electrons. The Morgan fingerprint density at radius 3 is 2.68 bits per heavy atom. The van der Waals surface area contributed by atoms with Gasteiger partial charge in [0.25, 0.3) is 0 Å². The molecule has 0 saturated carbocycles. The predicted octanol–water partition coefficient (Wildman–Crippen LogP) is 2.66. The minimum Gasteiger partial charge on any atom is -0.497 e. The van der Waals surface area contributed by atoms with Crippen molar-refractivity contribution in [2.45, 2.75) is 6.42 Å². The highest BCUT2D eigenvalue weighted by molar-refractivity contribution is 5.61. The second-order valence-corrected chi connectivity index (χ2v) is 6.94. The van der Waals surface area contributed by atoms with Crippen molar-refractivity contribution in [1.82, 2.24) is 39.3 Å². The highest BCUT2D eigenvalue weighted by Crippen LogP contribution is 2.20. The summed E-state index contributed by atoms with van der Waals surface area (Å²) < 4.78 is 8.79. The normalized spacial score (nSPS) is 11.0. The van der Waals surface area contributed by atoms with Gasteiger partial charge in [-0.05, 0) is 23.8 Å². The van der Waals surface area contributed by atoms with Gasteiger partial charge in [0.15, 0.2) is 5.65 Å². The summed E-state index contributed by atoms with van der Waals surface area (Å²) in [5.74, 6) is 2.10. The lowest BCUT2D eigenvalue weighted by molar-refractivity contribution is 0.414. The van der Waals surface area contributed by atoms with Crippen LogP contribution in [0.15, 0.2) is 61.3 Å². The van der Waals surface area contributed by atoms with E-state index < -0.39 is 0 Å². The van der Waals surface area contributed by atoms with Crippen LogP contribution >= 0.6 is 0 Å². The molecule has 154 valence electrons. The summed E-state index contributed by atoms with van der Waals surface area (Å²) in [5, 5.41) is 15.9. The molecule has 0 spiro atoms. The van der Waals surface area contributed by atoms with Crippen LogP contribution in [0.2, 0.25) is 0 Å². The molecule has 0 aliphatic heterocycles. The zero-order chi connectivity index (χ0) is 21.2. The molecule has 0 amide bonds. The molecular formula is C21H19N9O. The van der Waals surface area contributed by atoms with Crippen LogP contribution in [0.5, 0.6) is 5.75 Å². The van der Waals surface area contributed by atoms with Gasteiger partial charge in [0.1, 0.15) is 17.9 Å². The van der Waals surface area contributed by atoms with Gasteiger partial charge >= 0.3 is 0 Å². The molecule has 10 nitrogen and oxygen atoms in total. The Hall–Kier alpha value is -4.34. The van der Waals surface area contributed by atoms with E-state index in [1.54, 1.807) is 30.5 Å². The fourth-order valence-electron chi connectivity index (χ4n) is 3.20. The topological polar surface area (TPSA) is 108 Å². The molecule has 10 heteroatoms. The van der Waals surface area contributed by atoms with E-state index in [2.05, 4.69) is 35.6 Å². The lowest BCUT2D eigenvalue weighted by atomic mass is 10.1. The average molecular weight is 413 g/mol. The minimum absolute atomic E-state index is 0.467. The van der Waals surface area contributed by atoms with Crippen LogP contribution in [-0.4, -0.2) is 46.4 Å². The second-order valence-electron chi connectivity index (χ2n) is 6.94. The van der Waals surface area contributed by atoms with E-state index in [9.17, 15) is 0 Å². The first-order valence-corrected chi connectivity index (χ1v) is 9.59. The number of aromatic nitrogens is 8. The molecule has 0 aliphatic rings. The molecule has 1 aromatic carbocycles. The lowest BCUT2D eigenvalue weighted by Gasteiger charge is -2.05. The van der Waals surface area contributed by atoms with Gasteiger partial charge in [-0.1, -0.05) is 12.1 Å². The summed E-state index contributed by atoms with van der Waals surface area (Å²) >= 11 is 0. The van der Waals surface area contributed by atoms with Gasteiger partial charge in [-0.15, -0.1) is 10.2 Å². The third-order valence-electron chi connectivity index (χ3n) is 4.77. The number of fused-ring (bicyclic) bond motifs is 1. The highest BCUT2D eigenvalue weighted by Gasteiger charge is 2.11. The number of nitrogens with zero attached hydrogens (tertiary/aromatic N) is 8. The van der Waals surface area contributed by atoms with Crippen molar-refractivity contribution in [2.75, 3.05) is 12.4 Å². The van der Waals surface area contributed by atoms with Crippen molar-refractivity contribution < 1.29 is 4.74 Å². The van der Waals surface area contributed by atoms with Crippen LogP contribution in [0.4, 0.5) is 11.6 Å². The molecule has 5 rings (SSSR count). The van der Waals surface area contributed by atoms with Crippen LogP contribution in [0.25, 0.3) is 17.0 Å². The molecule has 1 N–H and O–H groups in total. The average Bonchev–Trinajstić information content (AvgIpc) is 3.40. The first-order chi connectivity index (χ1) is 15.2. The van der Waals surface area contributed by atoms with Crippen molar-refractivity contribution in [2.24, 2.45) is 7.05 Å². The number of anilines is 2. The van der Waals surface area contributed by atoms with Crippen molar-refractivity contribution >= 4 is 17.3 Å². The largest absolute Gasteiger partial charge is 0.497 e. The monoisotopic (exact) mass is 413 g/mol. The van der Waals surface area contributed by atoms with Gasteiger partial charge in [0.2, 0.25) is 5.95 Å². The van der Waals surface area contributed by atoms with E-state index in [1.807, 2.05) is 54.0 Å². The van der Waals surface area contributed by atoms with Crippen LogP contribution in [0.1, 0.15) is 11.4 Å². The Morgan fingerprint density at radius 2 is 1.90 bits per heavy atom. The van der Waals surface area contributed by atoms with Gasteiger partial charge in [-0.2, -0.15) is 5.10 Å². The Kier molecular flexibility index (Phi) is 4.71. The molecule has 4 heterocycles. The molecule has 0 aliphatic carbocycles. The standard InChI is InChI=1S/C21H19N9O/c1-29-12-15(11-24-29)25-21-22-8-7-17(26-21)18-10-20-28-27-19(30(20)13-23-18)9-14-3-5-16(31-2)6-4-14/h3-8,10-13H,9H2,1-2H3,(H,22,25,26). The number of hydrogen-bond acceptors (Lipinski definition) is 8. The summed E-state index contributed by atoms with van der Waals surface area (Å²) in [6, 6.07) is 11.6. The number of aryl methyl sites for hydroxylation is 1. The maximum atomic E-state index is 5.21. The molecular weight excluding hydrogens is 394 g/mol. The summed E-state index contributed by atoms with van der Waals surface area (Å²) in [4.78, 5) is 13.4. The van der Waals surface area contributed by atoms with Crippen molar-refractivity contribution in [3.8, 4) is 17.1 Å². The molecule has 0 bridgehead atoms. The summed E-state index contributed by atoms with van der Waals surface area (Å²) in [6.07, 6.45) is 7.60. The number of methoxy groups -OCH3 is 1. The maximum Gasteiger partial charge on any atom is 0.227 e. The minimum atomic E-state index is 0.467. The van der Waals surface area contributed by atoms with Crippen LogP contribution in [0.3, 0.4) is 0 Å². The maximum absolute atomic E-state index is 5.21. The number of ether oxygens (including phenoxy) is 1. The number of benzene rings is 1. The molecule has 5 aromatic rings. The third kappa shape index (κ3) is 3.90. The predicted molar refractivity (Wildman–Crippen MR) is 114 cm³/mol. The lowest BCUT2D eigenvalue weighted by Crippen LogP contribution is -2.00. The third-order valence-corrected chi connectivity index (χ3v) is 4.77. The van der Waals surface area contributed by atoms with Gasteiger partial charge in [-0.25, -0.2) is 15.0 Å². The van der Waals surface area contributed by atoms with Crippen molar-refractivity contribution in [3.05, 3.63) is 72.7 Å². The van der Waals surface area contributed by atoms with Gasteiger partial charge in [0, 0.05) is 31.9 Å². The van der Waals surface area contributed by atoms with Crippen molar-refractivity contribution in [1.29, 1.82) is 0 Å². The Bertz CT molecular complexity index is 1340. The Morgan fingerprint density at radius 1 is 1.03 bits per heavy atom. The van der Waals surface area contributed by atoms with Crippen LogP contribution in [0, 0.1) is 0 Å². The summed E-state index contributed by atoms with van der Waals surface area (Å²) in [6.45, 7) is 0. The second kappa shape index (κ2) is 7.82. The van der Waals surface area contributed by atoms with Crippen LogP contribution in [-0.2, 0) is 13.5 Å². The first kappa shape index (κ1) is 18.7. The van der Waals surface area contributed by atoms with E-state index >= 15 is 0 Å². The fraction of sp³-hybridized carbons (Fsp3) is 0.143. The smallest absolute Gasteiger partial charge is 0.227 e.